The van der Waals surface area contributed by atoms with Crippen LogP contribution in [0.5, 0.6) is 17.2 Å². The van der Waals surface area contributed by atoms with E-state index in [9.17, 15) is 5.11 Å². The second kappa shape index (κ2) is 2.30. The molecule has 0 amide bonds. The van der Waals surface area contributed by atoms with Crippen molar-refractivity contribution >= 4 is 0 Å². The standard InChI is InChI=1S/C9H10O3/c1-5-3-7-9(12-4-11-7)6(2)8(5)10/h3,10H,4H2,1-2H3. The zero-order chi connectivity index (χ0) is 8.72. The Morgan fingerprint density at radius 1 is 1.33 bits per heavy atom. The Hall–Kier alpha value is -1.38. The zero-order valence-electron chi connectivity index (χ0n) is 7.05. The van der Waals surface area contributed by atoms with Gasteiger partial charge in [0.1, 0.15) is 5.75 Å². The van der Waals surface area contributed by atoms with Gasteiger partial charge in [0.15, 0.2) is 11.5 Å². The number of phenols is 1. The van der Waals surface area contributed by atoms with Crippen LogP contribution in [0.1, 0.15) is 11.1 Å². The first-order chi connectivity index (χ1) is 5.70. The van der Waals surface area contributed by atoms with Crippen molar-refractivity contribution in [2.75, 3.05) is 6.79 Å². The van der Waals surface area contributed by atoms with Gasteiger partial charge in [0.2, 0.25) is 6.79 Å². The molecule has 3 nitrogen and oxygen atoms in total. The molecule has 0 fully saturated rings. The monoisotopic (exact) mass is 166 g/mol. The number of aryl methyl sites for hydroxylation is 1. The second-order valence-electron chi connectivity index (χ2n) is 2.90. The fraction of sp³-hybridized carbons (Fsp3) is 0.333. The molecule has 2 rings (SSSR count). The number of phenolic OH excluding ortho intramolecular Hbond substituents is 1. The quantitative estimate of drug-likeness (QED) is 0.638. The molecule has 0 aromatic heterocycles. The van der Waals surface area contributed by atoms with Gasteiger partial charge in [-0.1, -0.05) is 0 Å². The molecule has 0 aliphatic carbocycles. The summed E-state index contributed by atoms with van der Waals surface area (Å²) in [5, 5.41) is 9.53. The topological polar surface area (TPSA) is 38.7 Å². The van der Waals surface area contributed by atoms with Gasteiger partial charge in [-0.3, -0.25) is 0 Å². The highest BCUT2D eigenvalue weighted by molar-refractivity contribution is 5.57. The SMILES string of the molecule is Cc1cc2c(c(C)c1O)OCO2. The molecule has 0 atom stereocenters. The van der Waals surface area contributed by atoms with E-state index in [0.29, 0.717) is 11.5 Å². The molecule has 0 bridgehead atoms. The minimum absolute atomic E-state index is 0.249. The third-order valence-corrected chi connectivity index (χ3v) is 2.06. The smallest absolute Gasteiger partial charge is 0.231 e. The molecule has 1 N–H and O–H groups in total. The van der Waals surface area contributed by atoms with Crippen molar-refractivity contribution < 1.29 is 14.6 Å². The van der Waals surface area contributed by atoms with Crippen molar-refractivity contribution in [2.45, 2.75) is 13.8 Å². The molecular weight excluding hydrogens is 156 g/mol. The van der Waals surface area contributed by atoms with Crippen molar-refractivity contribution in [3.05, 3.63) is 17.2 Å². The zero-order valence-corrected chi connectivity index (χ0v) is 7.05. The van der Waals surface area contributed by atoms with Crippen molar-refractivity contribution in [2.24, 2.45) is 0 Å². The molecule has 12 heavy (non-hydrogen) atoms. The van der Waals surface area contributed by atoms with E-state index >= 15 is 0 Å². The molecule has 1 aliphatic rings. The van der Waals surface area contributed by atoms with Crippen LogP contribution in [-0.4, -0.2) is 11.9 Å². The van der Waals surface area contributed by atoms with Crippen molar-refractivity contribution in [1.29, 1.82) is 0 Å². The molecule has 3 heteroatoms. The molecule has 1 heterocycles. The Labute approximate surface area is 70.5 Å². The lowest BCUT2D eigenvalue weighted by molar-refractivity contribution is 0.173. The van der Waals surface area contributed by atoms with Crippen LogP contribution in [0.2, 0.25) is 0 Å². The van der Waals surface area contributed by atoms with Crippen molar-refractivity contribution in [3.8, 4) is 17.2 Å². The molecule has 1 aromatic rings. The van der Waals surface area contributed by atoms with Crippen LogP contribution in [0.25, 0.3) is 0 Å². The average Bonchev–Trinajstić information content (AvgIpc) is 2.48. The fourth-order valence-corrected chi connectivity index (χ4v) is 1.36. The van der Waals surface area contributed by atoms with Crippen LogP contribution >= 0.6 is 0 Å². The normalized spacial score (nSPS) is 13.5. The van der Waals surface area contributed by atoms with E-state index in [0.717, 1.165) is 16.9 Å². The molecule has 0 saturated heterocycles. The van der Waals surface area contributed by atoms with E-state index < -0.39 is 0 Å². The Kier molecular flexibility index (Phi) is 1.40. The lowest BCUT2D eigenvalue weighted by atomic mass is 10.1. The number of benzene rings is 1. The van der Waals surface area contributed by atoms with E-state index in [2.05, 4.69) is 0 Å². The van der Waals surface area contributed by atoms with Crippen LogP contribution in [0.4, 0.5) is 0 Å². The van der Waals surface area contributed by atoms with Gasteiger partial charge in [-0.2, -0.15) is 0 Å². The Balaban J connectivity index is 2.67. The van der Waals surface area contributed by atoms with E-state index in [1.165, 1.54) is 0 Å². The molecule has 0 spiro atoms. The minimum atomic E-state index is 0.249. The summed E-state index contributed by atoms with van der Waals surface area (Å²) in [5.41, 5.74) is 1.57. The molecule has 1 aromatic carbocycles. The lowest BCUT2D eigenvalue weighted by Crippen LogP contribution is -1.93. The first-order valence-corrected chi connectivity index (χ1v) is 3.79. The molecular formula is C9H10O3. The predicted molar refractivity (Wildman–Crippen MR) is 43.7 cm³/mol. The van der Waals surface area contributed by atoms with Gasteiger partial charge < -0.3 is 14.6 Å². The van der Waals surface area contributed by atoms with Gasteiger partial charge >= 0.3 is 0 Å². The Bertz CT molecular complexity index is 331. The van der Waals surface area contributed by atoms with E-state index in [1.807, 2.05) is 13.8 Å². The van der Waals surface area contributed by atoms with Crippen LogP contribution in [0.15, 0.2) is 6.07 Å². The minimum Gasteiger partial charge on any atom is -0.507 e. The summed E-state index contributed by atoms with van der Waals surface area (Å²) < 4.78 is 10.4. The summed E-state index contributed by atoms with van der Waals surface area (Å²) in [4.78, 5) is 0. The number of fused-ring (bicyclic) bond motifs is 1. The van der Waals surface area contributed by atoms with Crippen LogP contribution in [0.3, 0.4) is 0 Å². The Morgan fingerprint density at radius 2 is 2.08 bits per heavy atom. The maximum atomic E-state index is 9.53. The average molecular weight is 166 g/mol. The number of hydrogen-bond donors (Lipinski definition) is 1. The highest BCUT2D eigenvalue weighted by Gasteiger charge is 2.19. The summed E-state index contributed by atoms with van der Waals surface area (Å²) in [6.07, 6.45) is 0. The first kappa shape index (κ1) is 7.28. The first-order valence-electron chi connectivity index (χ1n) is 3.79. The van der Waals surface area contributed by atoms with E-state index in [-0.39, 0.29) is 6.79 Å². The molecule has 0 unspecified atom stereocenters. The largest absolute Gasteiger partial charge is 0.507 e. The van der Waals surface area contributed by atoms with Gasteiger partial charge in [-0.25, -0.2) is 0 Å². The summed E-state index contributed by atoms with van der Waals surface area (Å²) in [7, 11) is 0. The van der Waals surface area contributed by atoms with Gasteiger partial charge in [-0.15, -0.1) is 0 Å². The maximum Gasteiger partial charge on any atom is 0.231 e. The summed E-state index contributed by atoms with van der Waals surface area (Å²) in [6, 6.07) is 1.78. The highest BCUT2D eigenvalue weighted by atomic mass is 16.7. The number of ether oxygens (including phenoxy) is 2. The predicted octanol–water partition coefficient (Wildman–Crippen LogP) is 1.74. The molecule has 1 aliphatic heterocycles. The lowest BCUT2D eigenvalue weighted by Gasteiger charge is -2.05. The third kappa shape index (κ3) is 0.826. The van der Waals surface area contributed by atoms with Gasteiger partial charge in [0.05, 0.1) is 0 Å². The van der Waals surface area contributed by atoms with E-state index in [4.69, 9.17) is 9.47 Å². The van der Waals surface area contributed by atoms with Gasteiger partial charge in [0, 0.05) is 5.56 Å². The highest BCUT2D eigenvalue weighted by Crippen LogP contribution is 2.41. The second-order valence-corrected chi connectivity index (χ2v) is 2.90. The third-order valence-electron chi connectivity index (χ3n) is 2.06. The fourth-order valence-electron chi connectivity index (χ4n) is 1.36. The van der Waals surface area contributed by atoms with Crippen LogP contribution in [0, 0.1) is 13.8 Å². The van der Waals surface area contributed by atoms with Crippen molar-refractivity contribution in [3.63, 3.8) is 0 Å². The van der Waals surface area contributed by atoms with Gasteiger partial charge in [-0.05, 0) is 25.5 Å². The van der Waals surface area contributed by atoms with Crippen LogP contribution in [-0.2, 0) is 0 Å². The number of aromatic hydroxyl groups is 1. The number of hydrogen-bond acceptors (Lipinski definition) is 3. The van der Waals surface area contributed by atoms with Crippen molar-refractivity contribution in [1.82, 2.24) is 0 Å². The molecule has 64 valence electrons. The van der Waals surface area contributed by atoms with Crippen LogP contribution < -0.4 is 9.47 Å². The summed E-state index contributed by atoms with van der Waals surface area (Å²) in [5.74, 6) is 1.68. The number of rotatable bonds is 0. The Morgan fingerprint density at radius 3 is 2.83 bits per heavy atom. The summed E-state index contributed by atoms with van der Waals surface area (Å²) >= 11 is 0. The molecule has 0 saturated carbocycles. The van der Waals surface area contributed by atoms with E-state index in [1.54, 1.807) is 6.07 Å². The molecule has 0 radical (unpaired) electrons. The maximum absolute atomic E-state index is 9.53. The van der Waals surface area contributed by atoms with Gasteiger partial charge in [0.25, 0.3) is 0 Å². The summed E-state index contributed by atoms with van der Waals surface area (Å²) in [6.45, 7) is 3.90.